The van der Waals surface area contributed by atoms with Gasteiger partial charge in [-0.15, -0.1) is 0 Å². The third-order valence-electron chi connectivity index (χ3n) is 5.55. The van der Waals surface area contributed by atoms with Crippen molar-refractivity contribution in [1.29, 1.82) is 0 Å². The molecule has 1 saturated heterocycles. The molecule has 128 valence electrons. The summed E-state index contributed by atoms with van der Waals surface area (Å²) in [5.41, 5.74) is 0. The minimum absolute atomic E-state index is 0.377. The molecule has 0 spiro atoms. The Bertz CT molecular complexity index is 499. The van der Waals surface area contributed by atoms with Crippen LogP contribution in [0.5, 0.6) is 0 Å². The fraction of sp³-hybridized carbons (Fsp3) is 0.778. The van der Waals surface area contributed by atoms with E-state index in [2.05, 4.69) is 19.4 Å². The van der Waals surface area contributed by atoms with Crippen LogP contribution in [-0.2, 0) is 11.3 Å². The van der Waals surface area contributed by atoms with Crippen molar-refractivity contribution in [3.8, 4) is 0 Å². The number of carbonyl (C=O) groups excluding carboxylic acids is 1. The lowest BCUT2D eigenvalue weighted by atomic mass is 10.0. The third-order valence-corrected chi connectivity index (χ3v) is 5.55. The fourth-order valence-corrected chi connectivity index (χ4v) is 3.89. The Balaban J connectivity index is 1.34. The van der Waals surface area contributed by atoms with Crippen molar-refractivity contribution in [1.82, 2.24) is 19.4 Å². The molecule has 0 atom stereocenters. The first-order valence-corrected chi connectivity index (χ1v) is 9.20. The lowest BCUT2D eigenvalue weighted by Gasteiger charge is -2.35. The number of imidazole rings is 1. The first-order chi connectivity index (χ1) is 11.2. The van der Waals surface area contributed by atoms with Crippen LogP contribution in [0.2, 0.25) is 0 Å². The second-order valence-electron chi connectivity index (χ2n) is 7.08. The van der Waals surface area contributed by atoms with Crippen molar-refractivity contribution >= 4 is 5.91 Å². The normalized spacial score (nSPS) is 20.3. The highest BCUT2D eigenvalue weighted by Gasteiger charge is 2.22. The van der Waals surface area contributed by atoms with Crippen LogP contribution in [0.15, 0.2) is 12.4 Å². The smallest absolute Gasteiger partial charge is 0.222 e. The van der Waals surface area contributed by atoms with E-state index in [0.29, 0.717) is 5.91 Å². The van der Waals surface area contributed by atoms with Gasteiger partial charge in [-0.1, -0.05) is 25.7 Å². The lowest BCUT2D eigenvalue weighted by molar-refractivity contribution is -0.133. The summed E-state index contributed by atoms with van der Waals surface area (Å²) in [5, 5.41) is 0. The van der Waals surface area contributed by atoms with Crippen LogP contribution in [0.4, 0.5) is 0 Å². The molecule has 1 aromatic heterocycles. The van der Waals surface area contributed by atoms with Gasteiger partial charge in [-0.05, 0) is 19.3 Å². The van der Waals surface area contributed by atoms with Gasteiger partial charge in [0.1, 0.15) is 5.82 Å². The average molecular weight is 318 g/mol. The highest BCUT2D eigenvalue weighted by Crippen LogP contribution is 2.28. The molecular weight excluding hydrogens is 288 g/mol. The van der Waals surface area contributed by atoms with Crippen molar-refractivity contribution in [3.05, 3.63) is 18.2 Å². The Morgan fingerprint density at radius 2 is 1.91 bits per heavy atom. The molecule has 5 nitrogen and oxygen atoms in total. The summed E-state index contributed by atoms with van der Waals surface area (Å²) >= 11 is 0. The van der Waals surface area contributed by atoms with Gasteiger partial charge in [-0.25, -0.2) is 4.98 Å². The summed E-state index contributed by atoms with van der Waals surface area (Å²) < 4.78 is 2.19. The molecule has 0 unspecified atom stereocenters. The van der Waals surface area contributed by atoms with E-state index < -0.39 is 0 Å². The minimum Gasteiger partial charge on any atom is -0.340 e. The van der Waals surface area contributed by atoms with E-state index in [9.17, 15) is 4.79 Å². The van der Waals surface area contributed by atoms with Crippen LogP contribution in [0.25, 0.3) is 0 Å². The van der Waals surface area contributed by atoms with Crippen molar-refractivity contribution < 1.29 is 4.79 Å². The molecule has 2 heterocycles. The number of piperazine rings is 1. The fourth-order valence-electron chi connectivity index (χ4n) is 3.89. The lowest BCUT2D eigenvalue weighted by Crippen LogP contribution is -2.49. The van der Waals surface area contributed by atoms with Crippen LogP contribution in [0.3, 0.4) is 0 Å². The summed E-state index contributed by atoms with van der Waals surface area (Å²) in [6.45, 7) is 7.87. The summed E-state index contributed by atoms with van der Waals surface area (Å²) in [4.78, 5) is 21.1. The van der Waals surface area contributed by atoms with Crippen LogP contribution < -0.4 is 0 Å². The Kier molecular flexibility index (Phi) is 5.70. The zero-order valence-corrected chi connectivity index (χ0v) is 14.4. The first kappa shape index (κ1) is 16.5. The molecule has 2 fully saturated rings. The van der Waals surface area contributed by atoms with E-state index in [1.54, 1.807) is 0 Å². The van der Waals surface area contributed by atoms with E-state index in [0.717, 1.165) is 63.9 Å². The van der Waals surface area contributed by atoms with Crippen LogP contribution in [-0.4, -0.2) is 58.0 Å². The average Bonchev–Trinajstić information content (AvgIpc) is 3.23. The van der Waals surface area contributed by atoms with Crippen LogP contribution in [0, 0.1) is 12.8 Å². The van der Waals surface area contributed by atoms with E-state index in [1.807, 2.05) is 19.3 Å². The quantitative estimate of drug-likeness (QED) is 0.808. The number of amides is 1. The van der Waals surface area contributed by atoms with Gasteiger partial charge in [0.05, 0.1) is 0 Å². The highest BCUT2D eigenvalue weighted by atomic mass is 16.2. The molecule has 0 radical (unpaired) electrons. The Morgan fingerprint density at radius 1 is 1.17 bits per heavy atom. The standard InChI is InChI=1S/C18H30N4O/c1-16-19-8-9-21(16)13-10-20-11-14-22(15-12-20)18(23)7-6-17-4-2-3-5-17/h8-9,17H,2-7,10-15H2,1H3. The maximum Gasteiger partial charge on any atom is 0.222 e. The topological polar surface area (TPSA) is 41.4 Å². The summed E-state index contributed by atoms with van der Waals surface area (Å²) in [6.07, 6.45) is 11.2. The van der Waals surface area contributed by atoms with Crippen molar-refractivity contribution in [3.63, 3.8) is 0 Å². The van der Waals surface area contributed by atoms with Crippen molar-refractivity contribution in [2.75, 3.05) is 32.7 Å². The van der Waals surface area contributed by atoms with Gasteiger partial charge in [-0.3, -0.25) is 9.69 Å². The molecular formula is C18H30N4O. The summed E-state index contributed by atoms with van der Waals surface area (Å²) in [7, 11) is 0. The van der Waals surface area contributed by atoms with Gasteiger partial charge in [0.15, 0.2) is 0 Å². The van der Waals surface area contributed by atoms with E-state index in [-0.39, 0.29) is 0 Å². The zero-order chi connectivity index (χ0) is 16.1. The molecule has 0 N–H and O–H groups in total. The number of carbonyl (C=O) groups is 1. The molecule has 2 aliphatic rings. The van der Waals surface area contributed by atoms with Crippen LogP contribution in [0.1, 0.15) is 44.3 Å². The van der Waals surface area contributed by atoms with Crippen LogP contribution >= 0.6 is 0 Å². The molecule has 1 aliphatic carbocycles. The molecule has 1 amide bonds. The SMILES string of the molecule is Cc1nccn1CCN1CCN(C(=O)CCC2CCCC2)CC1. The number of hydrogen-bond acceptors (Lipinski definition) is 3. The van der Waals surface area contributed by atoms with Crippen molar-refractivity contribution in [2.24, 2.45) is 5.92 Å². The molecule has 1 saturated carbocycles. The molecule has 0 aromatic carbocycles. The predicted molar refractivity (Wildman–Crippen MR) is 91.2 cm³/mol. The van der Waals surface area contributed by atoms with Gasteiger partial charge in [0, 0.05) is 58.1 Å². The predicted octanol–water partition coefficient (Wildman–Crippen LogP) is 2.31. The number of nitrogens with zero attached hydrogens (tertiary/aromatic N) is 4. The van der Waals surface area contributed by atoms with Gasteiger partial charge >= 0.3 is 0 Å². The van der Waals surface area contributed by atoms with Gasteiger partial charge in [-0.2, -0.15) is 0 Å². The number of hydrogen-bond donors (Lipinski definition) is 0. The largest absolute Gasteiger partial charge is 0.340 e. The number of aryl methyl sites for hydroxylation is 1. The Hall–Kier alpha value is -1.36. The van der Waals surface area contributed by atoms with E-state index >= 15 is 0 Å². The van der Waals surface area contributed by atoms with E-state index in [4.69, 9.17) is 0 Å². The molecule has 0 bridgehead atoms. The Labute approximate surface area is 139 Å². The number of aromatic nitrogens is 2. The highest BCUT2D eigenvalue weighted by molar-refractivity contribution is 5.76. The molecule has 1 aromatic rings. The molecule has 5 heteroatoms. The van der Waals surface area contributed by atoms with Gasteiger partial charge in [0.25, 0.3) is 0 Å². The maximum absolute atomic E-state index is 12.3. The third kappa shape index (κ3) is 4.56. The first-order valence-electron chi connectivity index (χ1n) is 9.20. The molecule has 23 heavy (non-hydrogen) atoms. The van der Waals surface area contributed by atoms with Crippen molar-refractivity contribution in [2.45, 2.75) is 52.0 Å². The molecule has 3 rings (SSSR count). The monoisotopic (exact) mass is 318 g/mol. The van der Waals surface area contributed by atoms with Gasteiger partial charge < -0.3 is 9.47 Å². The zero-order valence-electron chi connectivity index (χ0n) is 14.4. The number of rotatable bonds is 6. The van der Waals surface area contributed by atoms with E-state index in [1.165, 1.54) is 25.7 Å². The summed E-state index contributed by atoms with van der Waals surface area (Å²) in [6, 6.07) is 0. The van der Waals surface area contributed by atoms with Gasteiger partial charge in [0.2, 0.25) is 5.91 Å². The molecule has 1 aliphatic heterocycles. The summed E-state index contributed by atoms with van der Waals surface area (Å²) in [5.74, 6) is 2.27. The minimum atomic E-state index is 0.377. The Morgan fingerprint density at radius 3 is 2.57 bits per heavy atom. The second-order valence-corrected chi connectivity index (χ2v) is 7.08. The second kappa shape index (κ2) is 7.95. The maximum atomic E-state index is 12.3.